The Morgan fingerprint density at radius 1 is 1.41 bits per heavy atom. The molecule has 0 bridgehead atoms. The van der Waals surface area contributed by atoms with Gasteiger partial charge in [0.15, 0.2) is 0 Å². The molecule has 8 heteroatoms. The van der Waals surface area contributed by atoms with Gasteiger partial charge in [0, 0.05) is 0 Å². The first-order valence-electron chi connectivity index (χ1n) is 4.16. The molecule has 0 amide bonds. The molecule has 1 aromatic heterocycles. The van der Waals surface area contributed by atoms with E-state index in [1.54, 1.807) is 0 Å². The summed E-state index contributed by atoms with van der Waals surface area (Å²) in [7, 11) is 0. The second-order valence-corrected chi connectivity index (χ2v) is 3.23. The van der Waals surface area contributed by atoms with Crippen LogP contribution in [0, 0.1) is 11.3 Å². The van der Waals surface area contributed by atoms with E-state index in [4.69, 9.17) is 16.9 Å². The third kappa shape index (κ3) is 2.82. The fourth-order valence-electron chi connectivity index (χ4n) is 1.17. The molecule has 2 nitrogen and oxygen atoms in total. The Morgan fingerprint density at radius 3 is 2.35 bits per heavy atom. The van der Waals surface area contributed by atoms with Gasteiger partial charge in [-0.25, -0.2) is 13.8 Å². The van der Waals surface area contributed by atoms with Crippen LogP contribution in [0.3, 0.4) is 0 Å². The number of alkyl halides is 6. The molecule has 1 rings (SSSR count). The van der Waals surface area contributed by atoms with Crippen molar-refractivity contribution < 1.29 is 22.0 Å². The molecule has 0 aliphatic heterocycles. The van der Waals surface area contributed by atoms with Gasteiger partial charge in [-0.05, 0) is 6.07 Å². The van der Waals surface area contributed by atoms with Crippen LogP contribution in [0.5, 0.6) is 0 Å². The number of nitrogens with zero attached hydrogens (tertiary/aromatic N) is 2. The zero-order chi connectivity index (χ0) is 13.2. The highest BCUT2D eigenvalue weighted by Crippen LogP contribution is 2.34. The van der Waals surface area contributed by atoms with Crippen LogP contribution in [0.15, 0.2) is 6.07 Å². The number of hydrogen-bond acceptors (Lipinski definition) is 2. The number of rotatable bonds is 2. The first-order chi connectivity index (χ1) is 7.81. The van der Waals surface area contributed by atoms with Crippen LogP contribution in [0.25, 0.3) is 0 Å². The number of aromatic nitrogens is 1. The van der Waals surface area contributed by atoms with E-state index in [0.717, 1.165) is 0 Å². The fourth-order valence-corrected chi connectivity index (χ4v) is 1.37. The van der Waals surface area contributed by atoms with E-state index in [9.17, 15) is 22.0 Å². The highest BCUT2D eigenvalue weighted by Gasteiger charge is 2.35. The molecule has 0 spiro atoms. The van der Waals surface area contributed by atoms with Crippen LogP contribution < -0.4 is 0 Å². The van der Waals surface area contributed by atoms with Crippen LogP contribution in [-0.4, -0.2) is 4.98 Å². The maximum Gasteiger partial charge on any atom is 0.418 e. The monoisotopic (exact) mass is 270 g/mol. The lowest BCUT2D eigenvalue weighted by Gasteiger charge is -2.12. The summed E-state index contributed by atoms with van der Waals surface area (Å²) < 4.78 is 62.3. The van der Waals surface area contributed by atoms with E-state index < -0.39 is 41.0 Å². The highest BCUT2D eigenvalue weighted by atomic mass is 35.5. The number of hydrogen-bond donors (Lipinski definition) is 0. The summed E-state index contributed by atoms with van der Waals surface area (Å²) >= 11 is 5.22. The van der Waals surface area contributed by atoms with Crippen molar-refractivity contribution in [2.24, 2.45) is 0 Å². The normalized spacial score (nSPS) is 11.6. The van der Waals surface area contributed by atoms with Crippen LogP contribution in [-0.2, 0) is 12.1 Å². The second kappa shape index (κ2) is 4.84. The standard InChI is InChI=1S/C9H4ClF5N2/c10-2-6-5(9(13,14)15)1-4(3-16)7(17-6)8(11)12/h1,8H,2H2. The second-order valence-electron chi connectivity index (χ2n) is 2.96. The molecule has 1 aromatic rings. The Hall–Kier alpha value is -1.42. The van der Waals surface area contributed by atoms with Gasteiger partial charge < -0.3 is 0 Å². The molecule has 0 aliphatic rings. The van der Waals surface area contributed by atoms with Gasteiger partial charge in [-0.15, -0.1) is 11.6 Å². The van der Waals surface area contributed by atoms with Crippen molar-refractivity contribution in [1.82, 2.24) is 4.98 Å². The summed E-state index contributed by atoms with van der Waals surface area (Å²) in [5.41, 5.74) is -3.78. The number of pyridine rings is 1. The fraction of sp³-hybridized carbons (Fsp3) is 0.333. The molecule has 0 atom stereocenters. The van der Waals surface area contributed by atoms with E-state index in [1.165, 1.54) is 6.07 Å². The van der Waals surface area contributed by atoms with Gasteiger partial charge in [0.1, 0.15) is 11.8 Å². The smallest absolute Gasteiger partial charge is 0.249 e. The summed E-state index contributed by atoms with van der Waals surface area (Å²) in [5.74, 6) is -0.666. The van der Waals surface area contributed by atoms with Gasteiger partial charge in [0.05, 0.1) is 22.7 Å². The SMILES string of the molecule is N#Cc1cc(C(F)(F)F)c(CCl)nc1C(F)F. The van der Waals surface area contributed by atoms with Crippen LogP contribution in [0.1, 0.15) is 28.9 Å². The maximum absolute atomic E-state index is 12.5. The van der Waals surface area contributed by atoms with E-state index in [0.29, 0.717) is 6.07 Å². The van der Waals surface area contributed by atoms with Crippen LogP contribution >= 0.6 is 11.6 Å². The minimum atomic E-state index is -4.79. The number of nitriles is 1. The van der Waals surface area contributed by atoms with E-state index in [1.807, 2.05) is 0 Å². The van der Waals surface area contributed by atoms with Gasteiger partial charge in [-0.2, -0.15) is 18.4 Å². The van der Waals surface area contributed by atoms with Gasteiger partial charge in [-0.1, -0.05) is 0 Å². The van der Waals surface area contributed by atoms with Gasteiger partial charge in [-0.3, -0.25) is 0 Å². The summed E-state index contributed by atoms with van der Waals surface area (Å²) in [4.78, 5) is 3.10. The van der Waals surface area contributed by atoms with E-state index in [-0.39, 0.29) is 0 Å². The molecular weight excluding hydrogens is 267 g/mol. The Balaban J connectivity index is 3.51. The molecule has 0 N–H and O–H groups in total. The molecule has 1 heterocycles. The first kappa shape index (κ1) is 13.6. The number of halogens is 6. The lowest BCUT2D eigenvalue weighted by Crippen LogP contribution is -2.13. The topological polar surface area (TPSA) is 36.7 Å². The largest absolute Gasteiger partial charge is 0.418 e. The molecule has 17 heavy (non-hydrogen) atoms. The molecule has 92 valence electrons. The minimum Gasteiger partial charge on any atom is -0.249 e. The van der Waals surface area contributed by atoms with Crippen molar-refractivity contribution in [3.05, 3.63) is 28.6 Å². The molecule has 0 unspecified atom stereocenters. The maximum atomic E-state index is 12.5. The average molecular weight is 271 g/mol. The molecule has 0 aromatic carbocycles. The predicted octanol–water partition coefficient (Wildman–Crippen LogP) is 3.65. The molecular formula is C9H4ClF5N2. The quantitative estimate of drug-likeness (QED) is 0.607. The van der Waals surface area contributed by atoms with Crippen molar-refractivity contribution in [2.45, 2.75) is 18.5 Å². The van der Waals surface area contributed by atoms with Crippen LogP contribution in [0.2, 0.25) is 0 Å². The predicted molar refractivity (Wildman–Crippen MR) is 48.5 cm³/mol. The summed E-state index contributed by atoms with van der Waals surface area (Å²) in [5, 5.41) is 8.50. The Kier molecular flexibility index (Phi) is 3.88. The van der Waals surface area contributed by atoms with E-state index >= 15 is 0 Å². The Bertz CT molecular complexity index is 464. The Morgan fingerprint density at radius 2 is 2.00 bits per heavy atom. The lowest BCUT2D eigenvalue weighted by atomic mass is 10.1. The van der Waals surface area contributed by atoms with Gasteiger partial charge >= 0.3 is 6.18 Å². The minimum absolute atomic E-state index is 0.339. The van der Waals surface area contributed by atoms with E-state index in [2.05, 4.69) is 4.98 Å². The first-order valence-corrected chi connectivity index (χ1v) is 4.70. The molecule has 0 fully saturated rings. The third-order valence-electron chi connectivity index (χ3n) is 1.89. The average Bonchev–Trinajstić information content (AvgIpc) is 2.25. The Labute approximate surface area is 97.6 Å². The summed E-state index contributed by atoms with van der Waals surface area (Å²) in [6.45, 7) is 0. The highest BCUT2D eigenvalue weighted by molar-refractivity contribution is 6.17. The van der Waals surface area contributed by atoms with Crippen LogP contribution in [0.4, 0.5) is 22.0 Å². The molecule has 0 radical (unpaired) electrons. The van der Waals surface area contributed by atoms with Crippen molar-refractivity contribution in [3.8, 4) is 6.07 Å². The van der Waals surface area contributed by atoms with Crippen molar-refractivity contribution in [2.75, 3.05) is 0 Å². The van der Waals surface area contributed by atoms with Crippen molar-refractivity contribution in [1.29, 1.82) is 5.26 Å². The zero-order valence-corrected chi connectivity index (χ0v) is 8.78. The third-order valence-corrected chi connectivity index (χ3v) is 2.14. The molecule has 0 saturated heterocycles. The molecule has 0 saturated carbocycles. The zero-order valence-electron chi connectivity index (χ0n) is 8.02. The van der Waals surface area contributed by atoms with Gasteiger partial charge in [0.2, 0.25) is 0 Å². The summed E-state index contributed by atoms with van der Waals surface area (Å²) in [6, 6.07) is 1.59. The molecule has 0 aliphatic carbocycles. The van der Waals surface area contributed by atoms with Gasteiger partial charge in [0.25, 0.3) is 6.43 Å². The van der Waals surface area contributed by atoms with Crippen molar-refractivity contribution in [3.63, 3.8) is 0 Å². The van der Waals surface area contributed by atoms with Crippen molar-refractivity contribution >= 4 is 11.6 Å². The summed E-state index contributed by atoms with van der Waals surface area (Å²) in [6.07, 6.45) is -7.92. The lowest BCUT2D eigenvalue weighted by molar-refractivity contribution is -0.138.